The van der Waals surface area contributed by atoms with Gasteiger partial charge in [-0.25, -0.2) is 13.1 Å². The van der Waals surface area contributed by atoms with E-state index < -0.39 is 10.0 Å². The Bertz CT molecular complexity index is 583. The van der Waals surface area contributed by atoms with E-state index in [0.717, 1.165) is 19.3 Å². The molecule has 4 nitrogen and oxygen atoms in total. The van der Waals surface area contributed by atoms with E-state index in [1.807, 2.05) is 6.92 Å². The summed E-state index contributed by atoms with van der Waals surface area (Å²) in [6.07, 6.45) is 6.72. The second kappa shape index (κ2) is 7.11. The zero-order valence-corrected chi connectivity index (χ0v) is 14.7. The highest BCUT2D eigenvalue weighted by atomic mass is 79.9. The molecule has 1 aromatic rings. The van der Waals surface area contributed by atoms with Crippen molar-refractivity contribution in [3.8, 4) is 0 Å². The van der Waals surface area contributed by atoms with Gasteiger partial charge in [0.1, 0.15) is 0 Å². The Morgan fingerprint density at radius 1 is 1.33 bits per heavy atom. The molecule has 0 bridgehead atoms. The van der Waals surface area contributed by atoms with Crippen molar-refractivity contribution in [1.82, 2.24) is 4.72 Å². The van der Waals surface area contributed by atoms with Gasteiger partial charge in [-0.2, -0.15) is 0 Å². The normalized spacial score (nSPS) is 18.6. The fraction of sp³-hybridized carbons (Fsp3) is 0.600. The first-order valence-electron chi connectivity index (χ1n) is 7.51. The van der Waals surface area contributed by atoms with Crippen LogP contribution in [0.3, 0.4) is 0 Å². The number of hydrogen-bond donors (Lipinski definition) is 2. The fourth-order valence-electron chi connectivity index (χ4n) is 3.01. The third-order valence-electron chi connectivity index (χ3n) is 4.24. The number of sulfonamides is 1. The molecule has 6 heteroatoms. The summed E-state index contributed by atoms with van der Waals surface area (Å²) in [4.78, 5) is 0.234. The summed E-state index contributed by atoms with van der Waals surface area (Å²) in [6.45, 7) is 2.04. The topological polar surface area (TPSA) is 72.2 Å². The van der Waals surface area contributed by atoms with E-state index in [2.05, 4.69) is 20.7 Å². The molecule has 118 valence electrons. The van der Waals surface area contributed by atoms with E-state index in [9.17, 15) is 8.42 Å². The van der Waals surface area contributed by atoms with Gasteiger partial charge in [-0.1, -0.05) is 26.2 Å². The van der Waals surface area contributed by atoms with Gasteiger partial charge in [-0.3, -0.25) is 0 Å². The molecule has 21 heavy (non-hydrogen) atoms. The molecule has 0 saturated heterocycles. The van der Waals surface area contributed by atoms with Crippen LogP contribution >= 0.6 is 15.9 Å². The number of nitrogens with one attached hydrogen (secondary N) is 1. The van der Waals surface area contributed by atoms with Gasteiger partial charge in [0.2, 0.25) is 10.0 Å². The number of halogens is 1. The van der Waals surface area contributed by atoms with E-state index in [0.29, 0.717) is 16.1 Å². The van der Waals surface area contributed by atoms with Gasteiger partial charge >= 0.3 is 0 Å². The summed E-state index contributed by atoms with van der Waals surface area (Å²) in [5.74, 6) is 0.450. The van der Waals surface area contributed by atoms with Crippen molar-refractivity contribution in [2.45, 2.75) is 56.4 Å². The number of nitrogen functional groups attached to an aromatic ring is 1. The summed E-state index contributed by atoms with van der Waals surface area (Å²) in [5, 5.41) is 0. The molecule has 0 aromatic heterocycles. The van der Waals surface area contributed by atoms with Gasteiger partial charge in [0.25, 0.3) is 0 Å². The monoisotopic (exact) mass is 374 g/mol. The van der Waals surface area contributed by atoms with Crippen LogP contribution in [0.2, 0.25) is 0 Å². The van der Waals surface area contributed by atoms with Crippen molar-refractivity contribution in [3.63, 3.8) is 0 Å². The molecule has 1 saturated carbocycles. The minimum Gasteiger partial charge on any atom is -0.398 e. The van der Waals surface area contributed by atoms with Crippen LogP contribution in [0.5, 0.6) is 0 Å². The van der Waals surface area contributed by atoms with Crippen molar-refractivity contribution in [3.05, 3.63) is 22.7 Å². The van der Waals surface area contributed by atoms with E-state index in [-0.39, 0.29) is 10.9 Å². The van der Waals surface area contributed by atoms with Crippen LogP contribution in [-0.2, 0) is 10.0 Å². The SMILES string of the molecule is CCC(NS(=O)(=O)c1ccc(Br)c(N)c1)C1CCCCC1. The van der Waals surface area contributed by atoms with Gasteiger partial charge in [0, 0.05) is 16.2 Å². The minimum atomic E-state index is -3.51. The first kappa shape index (κ1) is 16.8. The zero-order valence-electron chi connectivity index (χ0n) is 12.3. The molecule has 1 atom stereocenters. The van der Waals surface area contributed by atoms with Crippen LogP contribution in [0.15, 0.2) is 27.6 Å². The molecule has 1 unspecified atom stereocenters. The van der Waals surface area contributed by atoms with Crippen molar-refractivity contribution in [2.75, 3.05) is 5.73 Å². The molecule has 1 aromatic carbocycles. The molecule has 2 rings (SSSR count). The van der Waals surface area contributed by atoms with Gasteiger partial charge in [-0.05, 0) is 59.3 Å². The largest absolute Gasteiger partial charge is 0.398 e. The van der Waals surface area contributed by atoms with E-state index >= 15 is 0 Å². The van der Waals surface area contributed by atoms with Gasteiger partial charge in [0.05, 0.1) is 4.90 Å². The van der Waals surface area contributed by atoms with Crippen molar-refractivity contribution >= 4 is 31.6 Å². The van der Waals surface area contributed by atoms with Gasteiger partial charge in [-0.15, -0.1) is 0 Å². The summed E-state index contributed by atoms with van der Waals surface area (Å²) in [7, 11) is -3.51. The lowest BCUT2D eigenvalue weighted by Crippen LogP contribution is -2.40. The molecule has 0 radical (unpaired) electrons. The minimum absolute atomic E-state index is 0.0140. The van der Waals surface area contributed by atoms with E-state index in [1.54, 1.807) is 12.1 Å². The van der Waals surface area contributed by atoms with Crippen molar-refractivity contribution < 1.29 is 8.42 Å². The van der Waals surface area contributed by atoms with Crippen LogP contribution in [0.4, 0.5) is 5.69 Å². The molecule has 0 amide bonds. The Balaban J connectivity index is 2.16. The highest BCUT2D eigenvalue weighted by Gasteiger charge is 2.27. The molecular weight excluding hydrogens is 352 g/mol. The maximum absolute atomic E-state index is 12.5. The van der Waals surface area contributed by atoms with Crippen LogP contribution in [-0.4, -0.2) is 14.5 Å². The Morgan fingerprint density at radius 3 is 2.57 bits per heavy atom. The van der Waals surface area contributed by atoms with Crippen molar-refractivity contribution in [1.29, 1.82) is 0 Å². The Morgan fingerprint density at radius 2 is 2.00 bits per heavy atom. The summed E-state index contributed by atoms with van der Waals surface area (Å²) in [6, 6.07) is 4.77. The quantitative estimate of drug-likeness (QED) is 0.772. The maximum atomic E-state index is 12.5. The summed E-state index contributed by atoms with van der Waals surface area (Å²) >= 11 is 3.28. The Hall–Kier alpha value is -0.590. The third kappa shape index (κ3) is 4.20. The Labute approximate surface area is 135 Å². The molecule has 0 aliphatic heterocycles. The predicted octanol–water partition coefficient (Wildman–Crippen LogP) is 3.67. The first-order chi connectivity index (χ1) is 9.94. The standard InChI is InChI=1S/C15H23BrN2O2S/c1-2-15(11-6-4-3-5-7-11)18-21(19,20)12-8-9-13(16)14(17)10-12/h8-11,15,18H,2-7,17H2,1H3. The molecule has 0 spiro atoms. The number of benzene rings is 1. The summed E-state index contributed by atoms with van der Waals surface area (Å²) in [5.41, 5.74) is 6.22. The predicted molar refractivity (Wildman–Crippen MR) is 89.5 cm³/mol. The number of hydrogen-bond acceptors (Lipinski definition) is 3. The van der Waals surface area contributed by atoms with Gasteiger partial charge in [0.15, 0.2) is 0 Å². The van der Waals surface area contributed by atoms with E-state index in [1.165, 1.54) is 25.3 Å². The van der Waals surface area contributed by atoms with Crippen LogP contribution < -0.4 is 10.5 Å². The number of anilines is 1. The maximum Gasteiger partial charge on any atom is 0.240 e. The second-order valence-corrected chi connectivity index (χ2v) is 8.29. The summed E-state index contributed by atoms with van der Waals surface area (Å²) < 4.78 is 28.6. The molecule has 3 N–H and O–H groups in total. The lowest BCUT2D eigenvalue weighted by Gasteiger charge is -2.30. The second-order valence-electron chi connectivity index (χ2n) is 5.72. The highest BCUT2D eigenvalue weighted by molar-refractivity contribution is 9.10. The lowest BCUT2D eigenvalue weighted by atomic mass is 9.83. The highest BCUT2D eigenvalue weighted by Crippen LogP contribution is 2.29. The lowest BCUT2D eigenvalue weighted by molar-refractivity contribution is 0.285. The number of rotatable bonds is 5. The Kier molecular flexibility index (Phi) is 5.68. The van der Waals surface area contributed by atoms with Crippen LogP contribution in [0.25, 0.3) is 0 Å². The molecular formula is C15H23BrN2O2S. The first-order valence-corrected chi connectivity index (χ1v) is 9.79. The van der Waals surface area contributed by atoms with Gasteiger partial charge < -0.3 is 5.73 Å². The van der Waals surface area contributed by atoms with Crippen LogP contribution in [0.1, 0.15) is 45.4 Å². The molecule has 0 heterocycles. The third-order valence-corrected chi connectivity index (χ3v) is 6.45. The molecule has 1 fully saturated rings. The average Bonchev–Trinajstić information content (AvgIpc) is 2.48. The average molecular weight is 375 g/mol. The molecule has 1 aliphatic rings. The van der Waals surface area contributed by atoms with Crippen LogP contribution in [0, 0.1) is 5.92 Å². The zero-order chi connectivity index (χ0) is 15.5. The van der Waals surface area contributed by atoms with Crippen molar-refractivity contribution in [2.24, 2.45) is 5.92 Å². The number of nitrogens with two attached hydrogens (primary N) is 1. The van der Waals surface area contributed by atoms with E-state index in [4.69, 9.17) is 5.73 Å². The fourth-order valence-corrected chi connectivity index (χ4v) is 4.68. The smallest absolute Gasteiger partial charge is 0.240 e. The molecule has 1 aliphatic carbocycles.